The monoisotopic (exact) mass is 296 g/mol. The van der Waals surface area contributed by atoms with E-state index in [1.807, 2.05) is 13.8 Å². The van der Waals surface area contributed by atoms with E-state index in [4.69, 9.17) is 4.74 Å². The number of benzene rings is 1. The van der Waals surface area contributed by atoms with Crippen molar-refractivity contribution in [2.75, 3.05) is 19.7 Å². The van der Waals surface area contributed by atoms with Gasteiger partial charge >= 0.3 is 0 Å². The summed E-state index contributed by atoms with van der Waals surface area (Å²) in [5, 5.41) is 5.93. The van der Waals surface area contributed by atoms with Gasteiger partial charge in [0.25, 0.3) is 5.91 Å². The minimum Gasteiger partial charge on any atom is -0.481 e. The summed E-state index contributed by atoms with van der Waals surface area (Å²) < 4.78 is 19.0. The molecule has 0 aliphatic rings. The van der Waals surface area contributed by atoms with Gasteiger partial charge in [0.2, 0.25) is 0 Å². The minimum atomic E-state index is -0.442. The second kappa shape index (κ2) is 9.34. The Balaban J connectivity index is 2.43. The molecule has 5 heteroatoms. The Hall–Kier alpha value is -1.62. The number of amides is 1. The van der Waals surface area contributed by atoms with Gasteiger partial charge in [0.05, 0.1) is 0 Å². The number of rotatable bonds is 9. The van der Waals surface area contributed by atoms with Crippen molar-refractivity contribution < 1.29 is 13.9 Å². The second-order valence-electron chi connectivity index (χ2n) is 5.43. The molecule has 1 rings (SSSR count). The topological polar surface area (TPSA) is 50.4 Å². The summed E-state index contributed by atoms with van der Waals surface area (Å²) in [6.07, 6.45) is 1.04. The van der Waals surface area contributed by atoms with Crippen LogP contribution in [0.25, 0.3) is 0 Å². The third-order valence-corrected chi connectivity index (χ3v) is 2.82. The molecule has 1 amide bonds. The Bertz CT molecular complexity index is 450. The van der Waals surface area contributed by atoms with Crippen molar-refractivity contribution in [3.63, 3.8) is 0 Å². The van der Waals surface area contributed by atoms with E-state index in [1.165, 1.54) is 6.07 Å². The molecule has 118 valence electrons. The molecule has 0 saturated heterocycles. The van der Waals surface area contributed by atoms with Gasteiger partial charge in [0, 0.05) is 13.1 Å². The zero-order valence-corrected chi connectivity index (χ0v) is 13.0. The first-order chi connectivity index (χ1) is 10.0. The summed E-state index contributed by atoms with van der Waals surface area (Å²) in [5.74, 6) is -0.200. The third-order valence-electron chi connectivity index (χ3n) is 2.82. The molecular formula is C16H25FN2O2. The maximum Gasteiger partial charge on any atom is 0.257 e. The van der Waals surface area contributed by atoms with Gasteiger partial charge in [-0.15, -0.1) is 0 Å². The minimum absolute atomic E-state index is 0.105. The zero-order valence-electron chi connectivity index (χ0n) is 13.0. The average molecular weight is 296 g/mol. The Labute approximate surface area is 126 Å². The van der Waals surface area contributed by atoms with Crippen molar-refractivity contribution in [1.29, 1.82) is 0 Å². The fraction of sp³-hybridized carbons (Fsp3) is 0.562. The highest BCUT2D eigenvalue weighted by Crippen LogP contribution is 2.18. The predicted molar refractivity (Wildman–Crippen MR) is 81.7 cm³/mol. The van der Waals surface area contributed by atoms with Crippen LogP contribution in [0, 0.1) is 11.7 Å². The summed E-state index contributed by atoms with van der Waals surface area (Å²) in [4.78, 5) is 11.5. The molecule has 4 nitrogen and oxygen atoms in total. The largest absolute Gasteiger partial charge is 0.481 e. The number of ether oxygens (including phenoxy) is 1. The molecule has 0 aliphatic carbocycles. The average Bonchev–Trinajstić information content (AvgIpc) is 2.44. The van der Waals surface area contributed by atoms with E-state index in [-0.39, 0.29) is 18.3 Å². The summed E-state index contributed by atoms with van der Waals surface area (Å²) in [6.45, 7) is 8.03. The highest BCUT2D eigenvalue weighted by atomic mass is 19.1. The Morgan fingerprint density at radius 1 is 1.38 bits per heavy atom. The predicted octanol–water partition coefficient (Wildman–Crippen LogP) is 2.48. The Kier molecular flexibility index (Phi) is 7.75. The molecule has 0 fully saturated rings. The molecule has 0 bridgehead atoms. The van der Waals surface area contributed by atoms with E-state index >= 15 is 0 Å². The summed E-state index contributed by atoms with van der Waals surface area (Å²) in [6, 6.07) is 4.80. The molecule has 0 heterocycles. The van der Waals surface area contributed by atoms with Crippen molar-refractivity contribution >= 4 is 5.91 Å². The van der Waals surface area contributed by atoms with Crippen LogP contribution >= 0.6 is 0 Å². The lowest BCUT2D eigenvalue weighted by Gasteiger charge is -2.10. The second-order valence-corrected chi connectivity index (χ2v) is 5.43. The molecule has 0 unspecified atom stereocenters. The van der Waals surface area contributed by atoms with E-state index in [9.17, 15) is 9.18 Å². The molecule has 1 aromatic rings. The van der Waals surface area contributed by atoms with E-state index < -0.39 is 5.82 Å². The molecule has 0 atom stereocenters. The molecule has 1 aromatic carbocycles. The van der Waals surface area contributed by atoms with Crippen LogP contribution in [-0.4, -0.2) is 25.6 Å². The highest BCUT2D eigenvalue weighted by Gasteiger charge is 2.08. The van der Waals surface area contributed by atoms with Gasteiger partial charge in [-0.1, -0.05) is 26.8 Å². The molecule has 0 saturated carbocycles. The first kappa shape index (κ1) is 17.4. The van der Waals surface area contributed by atoms with Crippen molar-refractivity contribution in [3.8, 4) is 5.75 Å². The van der Waals surface area contributed by atoms with Gasteiger partial charge in [-0.25, -0.2) is 4.39 Å². The maximum atomic E-state index is 13.8. The first-order valence-corrected chi connectivity index (χ1v) is 7.41. The summed E-state index contributed by atoms with van der Waals surface area (Å²) >= 11 is 0. The van der Waals surface area contributed by atoms with Crippen molar-refractivity contribution in [1.82, 2.24) is 10.6 Å². The number of hydrogen-bond acceptors (Lipinski definition) is 3. The summed E-state index contributed by atoms with van der Waals surface area (Å²) in [5.41, 5.74) is 0.859. The van der Waals surface area contributed by atoms with Crippen molar-refractivity contribution in [3.05, 3.63) is 29.6 Å². The van der Waals surface area contributed by atoms with Crippen LogP contribution in [0.2, 0.25) is 0 Å². The van der Waals surface area contributed by atoms with E-state index in [0.29, 0.717) is 19.0 Å². The highest BCUT2D eigenvalue weighted by molar-refractivity contribution is 5.77. The fourth-order valence-corrected chi connectivity index (χ4v) is 1.69. The van der Waals surface area contributed by atoms with Gasteiger partial charge in [-0.2, -0.15) is 0 Å². The molecule has 0 aromatic heterocycles. The van der Waals surface area contributed by atoms with Crippen LogP contribution in [0.15, 0.2) is 18.2 Å². The smallest absolute Gasteiger partial charge is 0.257 e. The molecule has 21 heavy (non-hydrogen) atoms. The number of nitrogens with one attached hydrogen (secondary N) is 2. The SMILES string of the molecule is CCCNCc1ccc(OCC(=O)NCC(C)C)c(F)c1. The quantitative estimate of drug-likeness (QED) is 0.688. The van der Waals surface area contributed by atoms with Crippen LogP contribution in [0.5, 0.6) is 5.75 Å². The lowest BCUT2D eigenvalue weighted by Crippen LogP contribution is -2.31. The molecular weight excluding hydrogens is 271 g/mol. The fourth-order valence-electron chi connectivity index (χ4n) is 1.69. The van der Waals surface area contributed by atoms with Gasteiger partial charge in [-0.3, -0.25) is 4.79 Å². The number of carbonyl (C=O) groups excluding carboxylic acids is 1. The van der Waals surface area contributed by atoms with Crippen molar-refractivity contribution in [2.24, 2.45) is 5.92 Å². The van der Waals surface area contributed by atoms with E-state index in [2.05, 4.69) is 17.6 Å². The summed E-state index contributed by atoms with van der Waals surface area (Å²) in [7, 11) is 0. The van der Waals surface area contributed by atoms with E-state index in [0.717, 1.165) is 18.5 Å². The Morgan fingerprint density at radius 2 is 2.14 bits per heavy atom. The van der Waals surface area contributed by atoms with Gasteiger partial charge in [-0.05, 0) is 36.6 Å². The zero-order chi connectivity index (χ0) is 15.7. The van der Waals surface area contributed by atoms with Gasteiger partial charge in [0.15, 0.2) is 18.2 Å². The standard InChI is InChI=1S/C16H25FN2O2/c1-4-7-18-10-13-5-6-15(14(17)8-13)21-11-16(20)19-9-12(2)3/h5-6,8,12,18H,4,7,9-11H2,1-3H3,(H,19,20). The van der Waals surface area contributed by atoms with Gasteiger partial charge < -0.3 is 15.4 Å². The number of carbonyl (C=O) groups is 1. The van der Waals surface area contributed by atoms with E-state index in [1.54, 1.807) is 12.1 Å². The molecule has 0 spiro atoms. The maximum absolute atomic E-state index is 13.8. The third kappa shape index (κ3) is 7.09. The van der Waals surface area contributed by atoms with Crippen LogP contribution < -0.4 is 15.4 Å². The first-order valence-electron chi connectivity index (χ1n) is 7.41. The number of halogens is 1. The molecule has 0 radical (unpaired) electrons. The van der Waals surface area contributed by atoms with Crippen LogP contribution in [0.1, 0.15) is 32.8 Å². The van der Waals surface area contributed by atoms with Crippen LogP contribution in [0.4, 0.5) is 4.39 Å². The molecule has 2 N–H and O–H groups in total. The Morgan fingerprint density at radius 3 is 2.76 bits per heavy atom. The van der Waals surface area contributed by atoms with Crippen LogP contribution in [-0.2, 0) is 11.3 Å². The lowest BCUT2D eigenvalue weighted by molar-refractivity contribution is -0.123. The normalized spacial score (nSPS) is 10.7. The van der Waals surface area contributed by atoms with Crippen LogP contribution in [0.3, 0.4) is 0 Å². The lowest BCUT2D eigenvalue weighted by atomic mass is 10.2. The molecule has 0 aliphatic heterocycles. The number of hydrogen-bond donors (Lipinski definition) is 2. The van der Waals surface area contributed by atoms with Crippen molar-refractivity contribution in [2.45, 2.75) is 33.7 Å². The van der Waals surface area contributed by atoms with Gasteiger partial charge in [0.1, 0.15) is 0 Å².